The Morgan fingerprint density at radius 1 is 1.24 bits per heavy atom. The van der Waals surface area contributed by atoms with Gasteiger partial charge in [-0.05, 0) is 17.7 Å². The number of methoxy groups -OCH3 is 1. The summed E-state index contributed by atoms with van der Waals surface area (Å²) in [5.41, 5.74) is 1.24. The van der Waals surface area contributed by atoms with Crippen LogP contribution in [0.1, 0.15) is 11.1 Å². The van der Waals surface area contributed by atoms with E-state index in [0.29, 0.717) is 11.3 Å². The second-order valence-corrected chi connectivity index (χ2v) is 5.03. The van der Waals surface area contributed by atoms with Crippen molar-refractivity contribution in [3.63, 3.8) is 0 Å². The number of rotatable bonds is 7. The van der Waals surface area contributed by atoms with Gasteiger partial charge >= 0.3 is 6.09 Å². The molecule has 0 bridgehead atoms. The molecule has 1 N–H and O–H groups in total. The normalized spacial score (nSPS) is 10.4. The molecule has 0 aliphatic rings. The Morgan fingerprint density at radius 3 is 2.68 bits per heavy atom. The Kier molecular flexibility index (Phi) is 6.53. The number of nitro benzene ring substituents is 1. The van der Waals surface area contributed by atoms with Crippen LogP contribution < -0.4 is 10.1 Å². The molecular weight excluding hydrogens is 324 g/mol. The minimum absolute atomic E-state index is 0.0382. The van der Waals surface area contributed by atoms with Gasteiger partial charge in [0.25, 0.3) is 5.69 Å². The van der Waals surface area contributed by atoms with Crippen molar-refractivity contribution in [3.05, 3.63) is 75.8 Å². The van der Waals surface area contributed by atoms with Crippen molar-refractivity contribution in [2.45, 2.75) is 6.61 Å². The number of nitrogens with one attached hydrogen (secondary N) is 1. The standard InChI is InChI=1S/C18H18N2O5/c1-24-16-9-10-17(20(22)23)15(12-16)8-5-11-19-18(21)25-13-14-6-3-2-4-7-14/h2-10,12H,11,13H2,1H3,(H,19,21). The second kappa shape index (κ2) is 9.07. The Morgan fingerprint density at radius 2 is 2.00 bits per heavy atom. The minimum atomic E-state index is -0.561. The molecule has 0 saturated carbocycles. The number of hydrogen-bond acceptors (Lipinski definition) is 5. The van der Waals surface area contributed by atoms with Crippen LogP contribution in [0.15, 0.2) is 54.6 Å². The van der Waals surface area contributed by atoms with Gasteiger partial charge in [-0.3, -0.25) is 10.1 Å². The summed E-state index contributed by atoms with van der Waals surface area (Å²) in [5.74, 6) is 0.514. The predicted octanol–water partition coefficient (Wildman–Crippen LogP) is 3.54. The van der Waals surface area contributed by atoms with Gasteiger partial charge in [-0.2, -0.15) is 0 Å². The van der Waals surface area contributed by atoms with Gasteiger partial charge in [0.15, 0.2) is 0 Å². The van der Waals surface area contributed by atoms with Crippen LogP contribution in [0.25, 0.3) is 6.08 Å². The van der Waals surface area contributed by atoms with Crippen LogP contribution in [0.4, 0.5) is 10.5 Å². The Balaban J connectivity index is 1.86. The van der Waals surface area contributed by atoms with Crippen molar-refractivity contribution in [2.24, 2.45) is 0 Å². The van der Waals surface area contributed by atoms with Crippen molar-refractivity contribution < 1.29 is 19.2 Å². The van der Waals surface area contributed by atoms with Gasteiger partial charge in [0.2, 0.25) is 0 Å². The van der Waals surface area contributed by atoms with E-state index in [1.54, 1.807) is 18.2 Å². The molecule has 130 valence electrons. The molecule has 0 fully saturated rings. The van der Waals surface area contributed by atoms with Crippen molar-refractivity contribution in [3.8, 4) is 5.75 Å². The third-order valence-corrected chi connectivity index (χ3v) is 3.31. The number of ether oxygens (including phenoxy) is 2. The highest BCUT2D eigenvalue weighted by Crippen LogP contribution is 2.24. The molecular formula is C18H18N2O5. The van der Waals surface area contributed by atoms with E-state index < -0.39 is 11.0 Å². The van der Waals surface area contributed by atoms with Crippen LogP contribution in [-0.2, 0) is 11.3 Å². The molecule has 0 saturated heterocycles. The van der Waals surface area contributed by atoms with Crippen molar-refractivity contribution in [1.82, 2.24) is 5.32 Å². The quantitative estimate of drug-likeness (QED) is 0.614. The molecule has 0 radical (unpaired) electrons. The number of carbonyl (C=O) groups is 1. The maximum Gasteiger partial charge on any atom is 0.407 e. The lowest BCUT2D eigenvalue weighted by atomic mass is 10.1. The van der Waals surface area contributed by atoms with E-state index in [0.717, 1.165) is 5.56 Å². The summed E-state index contributed by atoms with van der Waals surface area (Å²) in [6.07, 6.45) is 2.59. The zero-order chi connectivity index (χ0) is 18.1. The van der Waals surface area contributed by atoms with Crippen molar-refractivity contribution in [1.29, 1.82) is 0 Å². The maximum absolute atomic E-state index is 11.6. The zero-order valence-corrected chi connectivity index (χ0v) is 13.7. The van der Waals surface area contributed by atoms with E-state index >= 15 is 0 Å². The van der Waals surface area contributed by atoms with Crippen LogP contribution in [0, 0.1) is 10.1 Å². The molecule has 0 aliphatic carbocycles. The third-order valence-electron chi connectivity index (χ3n) is 3.31. The third kappa shape index (κ3) is 5.65. The topological polar surface area (TPSA) is 90.7 Å². The van der Waals surface area contributed by atoms with Gasteiger partial charge < -0.3 is 14.8 Å². The molecule has 25 heavy (non-hydrogen) atoms. The van der Waals surface area contributed by atoms with Gasteiger partial charge in [0, 0.05) is 12.6 Å². The summed E-state index contributed by atoms with van der Waals surface area (Å²) in [4.78, 5) is 22.2. The average Bonchev–Trinajstić information content (AvgIpc) is 2.64. The first-order chi connectivity index (χ1) is 12.1. The van der Waals surface area contributed by atoms with Gasteiger partial charge in [-0.15, -0.1) is 0 Å². The number of hydrogen-bond donors (Lipinski definition) is 1. The largest absolute Gasteiger partial charge is 0.497 e. The second-order valence-electron chi connectivity index (χ2n) is 5.03. The van der Waals surface area contributed by atoms with Crippen LogP contribution >= 0.6 is 0 Å². The van der Waals surface area contributed by atoms with Gasteiger partial charge in [-0.1, -0.05) is 42.5 Å². The molecule has 0 aromatic heterocycles. The lowest BCUT2D eigenvalue weighted by Crippen LogP contribution is -2.24. The Hall–Kier alpha value is -3.35. The summed E-state index contributed by atoms with van der Waals surface area (Å²) in [6.45, 7) is 0.361. The summed E-state index contributed by atoms with van der Waals surface area (Å²) in [6, 6.07) is 13.8. The molecule has 0 unspecified atom stereocenters. The summed E-state index contributed by atoms with van der Waals surface area (Å²) >= 11 is 0. The molecule has 1 amide bonds. The number of carbonyl (C=O) groups excluding carboxylic acids is 1. The van der Waals surface area contributed by atoms with Crippen molar-refractivity contribution in [2.75, 3.05) is 13.7 Å². The number of amides is 1. The number of alkyl carbamates (subject to hydrolysis) is 1. The van der Waals surface area contributed by atoms with E-state index in [1.165, 1.54) is 19.2 Å². The molecule has 2 rings (SSSR count). The van der Waals surface area contributed by atoms with Crippen molar-refractivity contribution >= 4 is 17.9 Å². The highest BCUT2D eigenvalue weighted by Gasteiger charge is 2.12. The van der Waals surface area contributed by atoms with E-state index in [2.05, 4.69) is 5.32 Å². The lowest BCUT2D eigenvalue weighted by Gasteiger charge is -2.05. The monoisotopic (exact) mass is 342 g/mol. The fourth-order valence-corrected chi connectivity index (χ4v) is 2.06. The van der Waals surface area contributed by atoms with Gasteiger partial charge in [0.05, 0.1) is 17.6 Å². The van der Waals surface area contributed by atoms with Gasteiger partial charge in [-0.25, -0.2) is 4.79 Å². The first kappa shape index (κ1) is 18.0. The minimum Gasteiger partial charge on any atom is -0.497 e. The Labute approximate surface area is 145 Å². The van der Waals surface area contributed by atoms with Crippen LogP contribution in [0.2, 0.25) is 0 Å². The van der Waals surface area contributed by atoms with Crippen LogP contribution in [0.3, 0.4) is 0 Å². The van der Waals surface area contributed by atoms with Crippen LogP contribution in [0.5, 0.6) is 5.75 Å². The molecule has 0 heterocycles. The number of nitro groups is 1. The molecule has 7 nitrogen and oxygen atoms in total. The fourth-order valence-electron chi connectivity index (χ4n) is 2.06. The average molecular weight is 342 g/mol. The summed E-state index contributed by atoms with van der Waals surface area (Å²) in [7, 11) is 1.49. The smallest absolute Gasteiger partial charge is 0.407 e. The SMILES string of the molecule is COc1ccc([N+](=O)[O-])c(C=CCNC(=O)OCc2ccccc2)c1. The lowest BCUT2D eigenvalue weighted by molar-refractivity contribution is -0.385. The first-order valence-electron chi connectivity index (χ1n) is 7.53. The Bertz CT molecular complexity index is 759. The summed E-state index contributed by atoms with van der Waals surface area (Å²) in [5, 5.41) is 13.6. The van der Waals surface area contributed by atoms with E-state index in [1.807, 2.05) is 30.3 Å². The predicted molar refractivity (Wildman–Crippen MR) is 93.3 cm³/mol. The molecule has 7 heteroatoms. The van der Waals surface area contributed by atoms with E-state index in [9.17, 15) is 14.9 Å². The maximum atomic E-state index is 11.6. The van der Waals surface area contributed by atoms with E-state index in [4.69, 9.17) is 9.47 Å². The molecule has 2 aromatic rings. The number of benzene rings is 2. The molecule has 0 atom stereocenters. The summed E-state index contributed by atoms with van der Waals surface area (Å²) < 4.78 is 10.1. The first-order valence-corrected chi connectivity index (χ1v) is 7.53. The highest BCUT2D eigenvalue weighted by molar-refractivity contribution is 5.68. The zero-order valence-electron chi connectivity index (χ0n) is 13.7. The van der Waals surface area contributed by atoms with Gasteiger partial charge in [0.1, 0.15) is 12.4 Å². The molecule has 2 aromatic carbocycles. The molecule has 0 aliphatic heterocycles. The fraction of sp³-hybridized carbons (Fsp3) is 0.167. The number of nitrogens with zero attached hydrogens (tertiary/aromatic N) is 1. The van der Waals surface area contributed by atoms with E-state index in [-0.39, 0.29) is 18.8 Å². The molecule has 0 spiro atoms. The highest BCUT2D eigenvalue weighted by atomic mass is 16.6. The van der Waals surface area contributed by atoms with Crippen LogP contribution in [-0.4, -0.2) is 24.7 Å².